The van der Waals surface area contributed by atoms with Gasteiger partial charge in [0, 0.05) is 16.6 Å². The van der Waals surface area contributed by atoms with Crippen LogP contribution < -0.4 is 15.2 Å². The predicted octanol–water partition coefficient (Wildman–Crippen LogP) is 4.49. The van der Waals surface area contributed by atoms with Crippen LogP contribution >= 0.6 is 15.9 Å². The first-order chi connectivity index (χ1) is 9.72. The molecule has 0 saturated carbocycles. The minimum absolute atomic E-state index is 0.445. The summed E-state index contributed by atoms with van der Waals surface area (Å²) >= 11 is 3.44. The van der Waals surface area contributed by atoms with E-state index in [1.807, 2.05) is 42.5 Å². The molecule has 0 aromatic heterocycles. The molecule has 2 N–H and O–H groups in total. The maximum Gasteiger partial charge on any atom is 0.133 e. The molecule has 106 valence electrons. The Morgan fingerprint density at radius 1 is 1.05 bits per heavy atom. The zero-order valence-electron chi connectivity index (χ0n) is 11.4. The smallest absolute Gasteiger partial charge is 0.133 e. The van der Waals surface area contributed by atoms with Gasteiger partial charge in [-0.1, -0.05) is 28.9 Å². The van der Waals surface area contributed by atoms with Gasteiger partial charge < -0.3 is 15.2 Å². The molecule has 2 rings (SSSR count). The van der Waals surface area contributed by atoms with Crippen LogP contribution in [0.2, 0.25) is 0 Å². The van der Waals surface area contributed by atoms with Gasteiger partial charge in [0.15, 0.2) is 0 Å². The Kier molecular flexibility index (Phi) is 5.44. The van der Waals surface area contributed by atoms with E-state index in [1.54, 1.807) is 0 Å². The van der Waals surface area contributed by atoms with Gasteiger partial charge in [0.25, 0.3) is 0 Å². The van der Waals surface area contributed by atoms with Gasteiger partial charge in [-0.05, 0) is 42.8 Å². The number of rotatable bonds is 6. The number of benzene rings is 2. The van der Waals surface area contributed by atoms with Crippen LogP contribution in [-0.2, 0) is 6.54 Å². The third-order valence-electron chi connectivity index (χ3n) is 2.77. The van der Waals surface area contributed by atoms with Crippen molar-refractivity contribution in [2.75, 3.05) is 6.61 Å². The van der Waals surface area contributed by atoms with Gasteiger partial charge >= 0.3 is 0 Å². The van der Waals surface area contributed by atoms with Crippen molar-refractivity contribution in [2.45, 2.75) is 19.9 Å². The summed E-state index contributed by atoms with van der Waals surface area (Å²) in [6.07, 6.45) is 0.996. The summed E-state index contributed by atoms with van der Waals surface area (Å²) in [5.74, 6) is 2.39. The van der Waals surface area contributed by atoms with Crippen LogP contribution in [0.1, 0.15) is 18.9 Å². The highest BCUT2D eigenvalue weighted by Crippen LogP contribution is 2.29. The van der Waals surface area contributed by atoms with Crippen molar-refractivity contribution in [3.05, 3.63) is 52.5 Å². The van der Waals surface area contributed by atoms with Crippen LogP contribution in [0.4, 0.5) is 0 Å². The first-order valence-corrected chi connectivity index (χ1v) is 7.41. The lowest BCUT2D eigenvalue weighted by molar-refractivity contribution is 0.317. The molecule has 4 heteroatoms. The highest BCUT2D eigenvalue weighted by Gasteiger charge is 2.05. The SMILES string of the molecule is CCCOc1ccc(Oc2cc(Br)ccc2CN)cc1. The summed E-state index contributed by atoms with van der Waals surface area (Å²) in [5, 5.41) is 0. The van der Waals surface area contributed by atoms with E-state index in [2.05, 4.69) is 22.9 Å². The van der Waals surface area contributed by atoms with Crippen molar-refractivity contribution in [3.63, 3.8) is 0 Å². The molecule has 0 spiro atoms. The third kappa shape index (κ3) is 3.99. The van der Waals surface area contributed by atoms with Crippen molar-refractivity contribution in [1.29, 1.82) is 0 Å². The van der Waals surface area contributed by atoms with Gasteiger partial charge in [-0.2, -0.15) is 0 Å². The lowest BCUT2D eigenvalue weighted by atomic mass is 10.2. The molecule has 0 radical (unpaired) electrons. The van der Waals surface area contributed by atoms with Crippen molar-refractivity contribution in [2.24, 2.45) is 5.73 Å². The Bertz CT molecular complexity index is 555. The zero-order valence-corrected chi connectivity index (χ0v) is 13.0. The molecule has 2 aromatic rings. The third-order valence-corrected chi connectivity index (χ3v) is 3.27. The Balaban J connectivity index is 2.11. The standard InChI is InChI=1S/C16H18BrNO2/c1-2-9-19-14-5-7-15(8-6-14)20-16-10-13(17)4-3-12(16)11-18/h3-8,10H,2,9,11,18H2,1H3. The van der Waals surface area contributed by atoms with E-state index in [4.69, 9.17) is 15.2 Å². The van der Waals surface area contributed by atoms with Gasteiger partial charge in [0.1, 0.15) is 17.2 Å². The van der Waals surface area contributed by atoms with Gasteiger partial charge in [-0.3, -0.25) is 0 Å². The highest BCUT2D eigenvalue weighted by molar-refractivity contribution is 9.10. The largest absolute Gasteiger partial charge is 0.494 e. The number of ether oxygens (including phenoxy) is 2. The van der Waals surface area contributed by atoms with E-state index in [0.717, 1.165) is 40.3 Å². The van der Waals surface area contributed by atoms with E-state index in [1.165, 1.54) is 0 Å². The molecule has 0 aliphatic heterocycles. The maximum absolute atomic E-state index is 5.88. The van der Waals surface area contributed by atoms with Gasteiger partial charge in [-0.25, -0.2) is 0 Å². The van der Waals surface area contributed by atoms with Crippen LogP contribution in [0.25, 0.3) is 0 Å². The summed E-state index contributed by atoms with van der Waals surface area (Å²) in [5.41, 5.74) is 6.69. The van der Waals surface area contributed by atoms with Crippen LogP contribution in [0.5, 0.6) is 17.2 Å². The molecule has 2 aromatic carbocycles. The molecule has 0 atom stereocenters. The molecule has 0 saturated heterocycles. The van der Waals surface area contributed by atoms with Crippen molar-refractivity contribution >= 4 is 15.9 Å². The quantitative estimate of drug-likeness (QED) is 0.845. The van der Waals surface area contributed by atoms with E-state index in [9.17, 15) is 0 Å². The first kappa shape index (κ1) is 14.9. The second kappa shape index (κ2) is 7.31. The summed E-state index contributed by atoms with van der Waals surface area (Å²) < 4.78 is 12.4. The second-order valence-corrected chi connectivity index (χ2v) is 5.29. The van der Waals surface area contributed by atoms with Crippen LogP contribution in [0.15, 0.2) is 46.9 Å². The second-order valence-electron chi connectivity index (χ2n) is 4.38. The van der Waals surface area contributed by atoms with E-state index < -0.39 is 0 Å². The molecular formula is C16H18BrNO2. The summed E-state index contributed by atoms with van der Waals surface area (Å²) in [7, 11) is 0. The molecule has 0 heterocycles. The molecule has 20 heavy (non-hydrogen) atoms. The average molecular weight is 336 g/mol. The fourth-order valence-electron chi connectivity index (χ4n) is 1.74. The number of hydrogen-bond donors (Lipinski definition) is 1. The molecule has 0 aliphatic rings. The van der Waals surface area contributed by atoms with Crippen LogP contribution in [-0.4, -0.2) is 6.61 Å². The molecule has 0 unspecified atom stereocenters. The Labute approximate surface area is 127 Å². The molecule has 0 bridgehead atoms. The predicted molar refractivity (Wildman–Crippen MR) is 84.3 cm³/mol. The zero-order chi connectivity index (χ0) is 14.4. The topological polar surface area (TPSA) is 44.5 Å². The van der Waals surface area contributed by atoms with Crippen LogP contribution in [0.3, 0.4) is 0 Å². The Morgan fingerprint density at radius 2 is 1.75 bits per heavy atom. The summed E-state index contributed by atoms with van der Waals surface area (Å²) in [6, 6.07) is 13.4. The fraction of sp³-hybridized carbons (Fsp3) is 0.250. The van der Waals surface area contributed by atoms with E-state index >= 15 is 0 Å². The van der Waals surface area contributed by atoms with Crippen LogP contribution in [0, 0.1) is 0 Å². The van der Waals surface area contributed by atoms with E-state index in [0.29, 0.717) is 6.54 Å². The average Bonchev–Trinajstić information content (AvgIpc) is 2.47. The monoisotopic (exact) mass is 335 g/mol. The Morgan fingerprint density at radius 3 is 2.40 bits per heavy atom. The number of halogens is 1. The Hall–Kier alpha value is -1.52. The number of hydrogen-bond acceptors (Lipinski definition) is 3. The summed E-state index contributed by atoms with van der Waals surface area (Å²) in [4.78, 5) is 0. The molecular weight excluding hydrogens is 318 g/mol. The summed E-state index contributed by atoms with van der Waals surface area (Å²) in [6.45, 7) is 3.25. The van der Waals surface area contributed by atoms with Gasteiger partial charge in [0.2, 0.25) is 0 Å². The van der Waals surface area contributed by atoms with Crippen molar-refractivity contribution in [1.82, 2.24) is 0 Å². The van der Waals surface area contributed by atoms with Crippen molar-refractivity contribution < 1.29 is 9.47 Å². The molecule has 0 fully saturated rings. The highest BCUT2D eigenvalue weighted by atomic mass is 79.9. The molecule has 3 nitrogen and oxygen atoms in total. The number of nitrogens with two attached hydrogens (primary N) is 1. The molecule has 0 amide bonds. The maximum atomic E-state index is 5.88. The lowest BCUT2D eigenvalue weighted by Crippen LogP contribution is -1.99. The lowest BCUT2D eigenvalue weighted by Gasteiger charge is -2.11. The minimum Gasteiger partial charge on any atom is -0.494 e. The first-order valence-electron chi connectivity index (χ1n) is 6.62. The van der Waals surface area contributed by atoms with Gasteiger partial charge in [-0.15, -0.1) is 0 Å². The molecule has 0 aliphatic carbocycles. The van der Waals surface area contributed by atoms with E-state index in [-0.39, 0.29) is 0 Å². The minimum atomic E-state index is 0.445. The van der Waals surface area contributed by atoms with Gasteiger partial charge in [0.05, 0.1) is 6.61 Å². The normalized spacial score (nSPS) is 10.3. The van der Waals surface area contributed by atoms with Crippen molar-refractivity contribution in [3.8, 4) is 17.2 Å². The fourth-order valence-corrected chi connectivity index (χ4v) is 2.08.